The van der Waals surface area contributed by atoms with Crippen LogP contribution in [0.4, 0.5) is 20.4 Å². The number of carbonyl (C=O) groups excluding carboxylic acids is 1. The number of halogens is 2. The molecule has 0 atom stereocenters. The Balaban J connectivity index is 1.74. The number of benzene rings is 1. The van der Waals surface area contributed by atoms with Crippen LogP contribution in [0.3, 0.4) is 0 Å². The molecule has 0 radical (unpaired) electrons. The lowest BCUT2D eigenvalue weighted by Crippen LogP contribution is -2.30. The second-order valence-corrected chi connectivity index (χ2v) is 5.39. The number of anilines is 2. The minimum absolute atomic E-state index is 0.0297. The highest BCUT2D eigenvalue weighted by Crippen LogP contribution is 2.19. The molecule has 0 saturated carbocycles. The largest absolute Gasteiger partial charge is 0.356 e. The predicted octanol–water partition coefficient (Wildman–Crippen LogP) is 3.00. The van der Waals surface area contributed by atoms with Gasteiger partial charge < -0.3 is 10.2 Å². The van der Waals surface area contributed by atoms with E-state index in [1.807, 2.05) is 0 Å². The van der Waals surface area contributed by atoms with Gasteiger partial charge in [-0.25, -0.2) is 18.7 Å². The molecule has 0 spiro atoms. The van der Waals surface area contributed by atoms with E-state index in [-0.39, 0.29) is 5.56 Å². The van der Waals surface area contributed by atoms with E-state index in [1.165, 1.54) is 18.8 Å². The number of carbonyl (C=O) groups is 1. The summed E-state index contributed by atoms with van der Waals surface area (Å²) in [6, 6.07) is 4.68. The Kier molecular flexibility index (Phi) is 4.45. The highest BCUT2D eigenvalue weighted by atomic mass is 19.2. The minimum Gasteiger partial charge on any atom is -0.356 e. The first kappa shape index (κ1) is 15.3. The third-order valence-corrected chi connectivity index (χ3v) is 3.76. The van der Waals surface area contributed by atoms with Crippen LogP contribution in [0.15, 0.2) is 30.6 Å². The maximum atomic E-state index is 13.2. The molecule has 1 aliphatic heterocycles. The van der Waals surface area contributed by atoms with Crippen molar-refractivity contribution in [2.24, 2.45) is 0 Å². The van der Waals surface area contributed by atoms with Crippen LogP contribution in [-0.4, -0.2) is 29.0 Å². The summed E-state index contributed by atoms with van der Waals surface area (Å²) in [5, 5.41) is 2.58. The number of rotatable bonds is 3. The fourth-order valence-corrected chi connectivity index (χ4v) is 2.54. The van der Waals surface area contributed by atoms with Crippen LogP contribution < -0.4 is 10.2 Å². The molecule has 2 heterocycles. The number of nitrogens with one attached hydrogen (secondary N) is 1. The lowest BCUT2D eigenvalue weighted by Gasteiger charge is -2.27. The van der Waals surface area contributed by atoms with E-state index < -0.39 is 17.5 Å². The lowest BCUT2D eigenvalue weighted by atomic mass is 10.1. The van der Waals surface area contributed by atoms with E-state index in [2.05, 4.69) is 20.2 Å². The smallest absolute Gasteiger partial charge is 0.256 e. The fourth-order valence-electron chi connectivity index (χ4n) is 2.54. The SMILES string of the molecule is O=C(Nc1cc(N2CCCCC2)ncn1)c1ccc(F)c(F)c1. The van der Waals surface area contributed by atoms with Gasteiger partial charge in [-0.15, -0.1) is 0 Å². The van der Waals surface area contributed by atoms with E-state index in [0.29, 0.717) is 5.82 Å². The third-order valence-electron chi connectivity index (χ3n) is 3.76. The van der Waals surface area contributed by atoms with E-state index in [9.17, 15) is 13.6 Å². The van der Waals surface area contributed by atoms with E-state index in [1.54, 1.807) is 6.07 Å². The summed E-state index contributed by atoms with van der Waals surface area (Å²) in [7, 11) is 0. The summed E-state index contributed by atoms with van der Waals surface area (Å²) in [5.41, 5.74) is 0.0297. The topological polar surface area (TPSA) is 58.1 Å². The van der Waals surface area contributed by atoms with Crippen molar-refractivity contribution in [2.45, 2.75) is 19.3 Å². The van der Waals surface area contributed by atoms with Crippen molar-refractivity contribution < 1.29 is 13.6 Å². The Bertz CT molecular complexity index is 717. The number of hydrogen-bond acceptors (Lipinski definition) is 4. The first-order chi connectivity index (χ1) is 11.1. The van der Waals surface area contributed by atoms with Gasteiger partial charge in [-0.2, -0.15) is 0 Å². The van der Waals surface area contributed by atoms with Crippen LogP contribution >= 0.6 is 0 Å². The van der Waals surface area contributed by atoms with Gasteiger partial charge in [0.2, 0.25) is 0 Å². The molecule has 0 aliphatic carbocycles. The average molecular weight is 318 g/mol. The van der Waals surface area contributed by atoms with Crippen molar-refractivity contribution in [3.8, 4) is 0 Å². The van der Waals surface area contributed by atoms with Gasteiger partial charge >= 0.3 is 0 Å². The van der Waals surface area contributed by atoms with Crippen molar-refractivity contribution in [1.29, 1.82) is 0 Å². The molecule has 1 aromatic carbocycles. The predicted molar refractivity (Wildman–Crippen MR) is 82.4 cm³/mol. The van der Waals surface area contributed by atoms with Crippen LogP contribution in [-0.2, 0) is 0 Å². The van der Waals surface area contributed by atoms with Gasteiger partial charge in [-0.05, 0) is 37.5 Å². The molecular formula is C16H16F2N4O. The van der Waals surface area contributed by atoms with Gasteiger partial charge in [0.05, 0.1) is 0 Å². The Morgan fingerprint density at radius 1 is 1.04 bits per heavy atom. The maximum Gasteiger partial charge on any atom is 0.256 e. The van der Waals surface area contributed by atoms with Crippen LogP contribution in [0.5, 0.6) is 0 Å². The van der Waals surface area contributed by atoms with E-state index >= 15 is 0 Å². The monoisotopic (exact) mass is 318 g/mol. The van der Waals surface area contributed by atoms with Crippen molar-refractivity contribution >= 4 is 17.5 Å². The highest BCUT2D eigenvalue weighted by Gasteiger charge is 2.14. The summed E-state index contributed by atoms with van der Waals surface area (Å²) in [6.07, 6.45) is 4.81. The molecule has 1 fully saturated rings. The van der Waals surface area contributed by atoms with Gasteiger partial charge in [0.1, 0.15) is 18.0 Å². The second-order valence-electron chi connectivity index (χ2n) is 5.39. The van der Waals surface area contributed by atoms with Gasteiger partial charge in [-0.1, -0.05) is 0 Å². The molecule has 1 aliphatic rings. The first-order valence-corrected chi connectivity index (χ1v) is 7.47. The molecule has 1 amide bonds. The van der Waals surface area contributed by atoms with Gasteiger partial charge in [-0.3, -0.25) is 4.79 Å². The second kappa shape index (κ2) is 6.68. The molecule has 0 bridgehead atoms. The zero-order valence-electron chi connectivity index (χ0n) is 12.4. The number of amides is 1. The molecule has 5 nitrogen and oxygen atoms in total. The molecular weight excluding hydrogens is 302 g/mol. The van der Waals surface area contributed by atoms with Crippen molar-refractivity contribution in [3.63, 3.8) is 0 Å². The molecule has 3 rings (SSSR count). The van der Waals surface area contributed by atoms with Crippen LogP contribution in [0, 0.1) is 11.6 Å². The molecule has 1 aromatic heterocycles. The van der Waals surface area contributed by atoms with Gasteiger partial charge in [0, 0.05) is 24.7 Å². The third kappa shape index (κ3) is 3.61. The zero-order chi connectivity index (χ0) is 16.2. The molecule has 7 heteroatoms. The number of piperidine rings is 1. The van der Waals surface area contributed by atoms with Gasteiger partial charge in [0.25, 0.3) is 5.91 Å². The summed E-state index contributed by atoms with van der Waals surface area (Å²) in [6.45, 7) is 1.85. The number of nitrogens with zero attached hydrogens (tertiary/aromatic N) is 3. The standard InChI is InChI=1S/C16H16F2N4O/c17-12-5-4-11(8-13(12)18)16(23)21-14-9-15(20-10-19-14)22-6-2-1-3-7-22/h4-5,8-10H,1-3,6-7H2,(H,19,20,21,23). The van der Waals surface area contributed by atoms with Crippen molar-refractivity contribution in [3.05, 3.63) is 47.8 Å². The molecule has 0 unspecified atom stereocenters. The van der Waals surface area contributed by atoms with Crippen molar-refractivity contribution in [1.82, 2.24) is 9.97 Å². The molecule has 120 valence electrons. The summed E-state index contributed by atoms with van der Waals surface area (Å²) >= 11 is 0. The van der Waals surface area contributed by atoms with Gasteiger partial charge in [0.15, 0.2) is 11.6 Å². The molecule has 2 aromatic rings. The quantitative estimate of drug-likeness (QED) is 0.945. The molecule has 1 N–H and O–H groups in total. The van der Waals surface area contributed by atoms with E-state index in [0.717, 1.165) is 43.9 Å². The van der Waals surface area contributed by atoms with Crippen LogP contribution in [0.1, 0.15) is 29.6 Å². The van der Waals surface area contributed by atoms with Crippen molar-refractivity contribution in [2.75, 3.05) is 23.3 Å². The summed E-state index contributed by atoms with van der Waals surface area (Å²) in [5.74, 6) is -1.52. The Labute approximate surface area is 132 Å². The molecule has 1 saturated heterocycles. The summed E-state index contributed by atoms with van der Waals surface area (Å²) in [4.78, 5) is 22.5. The number of aromatic nitrogens is 2. The zero-order valence-corrected chi connectivity index (χ0v) is 12.4. The Morgan fingerprint density at radius 2 is 1.83 bits per heavy atom. The maximum absolute atomic E-state index is 13.2. The Morgan fingerprint density at radius 3 is 2.57 bits per heavy atom. The number of hydrogen-bond donors (Lipinski definition) is 1. The highest BCUT2D eigenvalue weighted by molar-refractivity contribution is 6.03. The first-order valence-electron chi connectivity index (χ1n) is 7.47. The lowest BCUT2D eigenvalue weighted by molar-refractivity contribution is 0.102. The fraction of sp³-hybridized carbons (Fsp3) is 0.312. The minimum atomic E-state index is -1.06. The average Bonchev–Trinajstić information content (AvgIpc) is 2.58. The van der Waals surface area contributed by atoms with E-state index in [4.69, 9.17) is 0 Å². The molecule has 23 heavy (non-hydrogen) atoms. The Hall–Kier alpha value is -2.57. The normalized spacial score (nSPS) is 14.6. The van der Waals surface area contributed by atoms with Crippen LogP contribution in [0.25, 0.3) is 0 Å². The summed E-state index contributed by atoms with van der Waals surface area (Å²) < 4.78 is 26.1. The van der Waals surface area contributed by atoms with Crippen LogP contribution in [0.2, 0.25) is 0 Å².